The molecule has 2 aliphatic rings. The summed E-state index contributed by atoms with van der Waals surface area (Å²) in [5.41, 5.74) is 3.99. The highest BCUT2D eigenvalue weighted by Gasteiger charge is 2.33. The van der Waals surface area contributed by atoms with Crippen LogP contribution in [0.3, 0.4) is 0 Å². The van der Waals surface area contributed by atoms with Gasteiger partial charge in [0, 0.05) is 10.4 Å². The first-order valence-electron chi connectivity index (χ1n) is 12.0. The summed E-state index contributed by atoms with van der Waals surface area (Å²) in [5, 5.41) is 4.20. The highest BCUT2D eigenvalue weighted by atomic mass is 32.1. The fraction of sp³-hybridized carbons (Fsp3) is 0.444. The Hall–Kier alpha value is -2.57. The van der Waals surface area contributed by atoms with Crippen molar-refractivity contribution in [1.29, 1.82) is 0 Å². The van der Waals surface area contributed by atoms with Gasteiger partial charge in [-0.2, -0.15) is 0 Å². The van der Waals surface area contributed by atoms with Gasteiger partial charge in [-0.25, -0.2) is 0 Å². The number of nitrogens with one attached hydrogen (secondary N) is 1. The SMILES string of the molecule is COc1ccc([C@H](c2c(NC(=O)c3ccco3)sc3c2CCCC3)N2CCC(C)CC2)cc1. The van der Waals surface area contributed by atoms with Gasteiger partial charge in [0.25, 0.3) is 5.91 Å². The number of carbonyl (C=O) groups is 1. The smallest absolute Gasteiger partial charge is 0.291 e. The number of amides is 1. The minimum absolute atomic E-state index is 0.119. The Morgan fingerprint density at radius 3 is 2.61 bits per heavy atom. The van der Waals surface area contributed by atoms with Crippen LogP contribution in [0, 0.1) is 5.92 Å². The quantitative estimate of drug-likeness (QED) is 0.465. The maximum atomic E-state index is 13.0. The molecule has 1 N–H and O–H groups in total. The Labute approximate surface area is 199 Å². The first-order valence-corrected chi connectivity index (χ1v) is 12.8. The first kappa shape index (κ1) is 22.2. The predicted octanol–water partition coefficient (Wildman–Crippen LogP) is 6.30. The molecule has 5 rings (SSSR count). The molecule has 0 unspecified atom stereocenters. The third-order valence-corrected chi connectivity index (χ3v) is 8.30. The molecular weight excluding hydrogens is 432 g/mol. The van der Waals surface area contributed by atoms with Crippen LogP contribution in [0.15, 0.2) is 47.1 Å². The molecule has 0 radical (unpaired) electrons. The van der Waals surface area contributed by atoms with Gasteiger partial charge in [-0.3, -0.25) is 9.69 Å². The van der Waals surface area contributed by atoms with E-state index in [9.17, 15) is 4.79 Å². The van der Waals surface area contributed by atoms with Crippen LogP contribution in [0.1, 0.15) is 70.8 Å². The molecule has 1 atom stereocenters. The molecule has 0 saturated carbocycles. The molecule has 1 saturated heterocycles. The van der Waals surface area contributed by atoms with Crippen LogP contribution in [-0.4, -0.2) is 31.0 Å². The van der Waals surface area contributed by atoms with Crippen LogP contribution in [0.5, 0.6) is 5.75 Å². The number of nitrogens with zero attached hydrogens (tertiary/aromatic N) is 1. The molecule has 174 valence electrons. The lowest BCUT2D eigenvalue weighted by atomic mass is 9.87. The van der Waals surface area contributed by atoms with Crippen molar-refractivity contribution in [3.63, 3.8) is 0 Å². The molecule has 0 spiro atoms. The predicted molar refractivity (Wildman–Crippen MR) is 132 cm³/mol. The van der Waals surface area contributed by atoms with Crippen molar-refractivity contribution in [1.82, 2.24) is 4.90 Å². The fourth-order valence-corrected chi connectivity index (χ4v) is 6.49. The molecule has 0 bridgehead atoms. The average molecular weight is 465 g/mol. The number of benzene rings is 1. The average Bonchev–Trinajstić information content (AvgIpc) is 3.50. The normalized spacial score (nSPS) is 18.0. The molecule has 1 aliphatic carbocycles. The minimum Gasteiger partial charge on any atom is -0.497 e. The summed E-state index contributed by atoms with van der Waals surface area (Å²) in [4.78, 5) is 17.0. The molecule has 3 heterocycles. The van der Waals surface area contributed by atoms with Crippen LogP contribution in [0.4, 0.5) is 5.00 Å². The second kappa shape index (κ2) is 9.74. The zero-order valence-corrected chi connectivity index (χ0v) is 20.2. The zero-order chi connectivity index (χ0) is 22.8. The number of furan rings is 1. The van der Waals surface area contributed by atoms with Crippen LogP contribution < -0.4 is 10.1 Å². The highest BCUT2D eigenvalue weighted by Crippen LogP contribution is 2.46. The highest BCUT2D eigenvalue weighted by molar-refractivity contribution is 7.16. The van der Waals surface area contributed by atoms with Gasteiger partial charge in [0.05, 0.1) is 19.4 Å². The first-order chi connectivity index (χ1) is 16.1. The van der Waals surface area contributed by atoms with Crippen molar-refractivity contribution < 1.29 is 13.9 Å². The van der Waals surface area contributed by atoms with Crippen LogP contribution in [0.25, 0.3) is 0 Å². The van der Waals surface area contributed by atoms with Crippen molar-refractivity contribution in [3.8, 4) is 5.75 Å². The maximum absolute atomic E-state index is 13.0. The third-order valence-electron chi connectivity index (χ3n) is 7.07. The Bertz CT molecular complexity index is 1080. The monoisotopic (exact) mass is 464 g/mol. The fourth-order valence-electron chi connectivity index (χ4n) is 5.18. The van der Waals surface area contributed by atoms with Gasteiger partial charge in [-0.05, 0) is 92.9 Å². The summed E-state index contributed by atoms with van der Waals surface area (Å²) in [5.74, 6) is 1.79. The van der Waals surface area contributed by atoms with Crippen LogP contribution in [0.2, 0.25) is 0 Å². The summed E-state index contributed by atoms with van der Waals surface area (Å²) in [6.45, 7) is 4.48. The van der Waals surface area contributed by atoms with E-state index in [0.717, 1.165) is 42.6 Å². The molecular formula is C27H32N2O3S. The molecule has 1 amide bonds. The number of thiophene rings is 1. The van der Waals surface area contributed by atoms with E-state index in [1.54, 1.807) is 36.8 Å². The molecule has 2 aromatic heterocycles. The van der Waals surface area contributed by atoms with Gasteiger partial charge in [-0.1, -0.05) is 19.1 Å². The molecule has 5 nitrogen and oxygen atoms in total. The number of carbonyl (C=O) groups excluding carboxylic acids is 1. The number of aryl methyl sites for hydroxylation is 1. The van der Waals surface area contributed by atoms with E-state index in [2.05, 4.69) is 41.4 Å². The number of anilines is 1. The summed E-state index contributed by atoms with van der Waals surface area (Å²) in [6.07, 6.45) is 8.54. The number of likely N-dealkylation sites (tertiary alicyclic amines) is 1. The zero-order valence-electron chi connectivity index (χ0n) is 19.4. The molecule has 1 aromatic carbocycles. The van der Waals surface area contributed by atoms with Gasteiger partial charge in [0.15, 0.2) is 5.76 Å². The van der Waals surface area contributed by atoms with Crippen molar-refractivity contribution >= 4 is 22.2 Å². The Balaban J connectivity index is 1.59. The molecule has 33 heavy (non-hydrogen) atoms. The van der Waals surface area contributed by atoms with Gasteiger partial charge in [0.1, 0.15) is 10.8 Å². The maximum Gasteiger partial charge on any atom is 0.291 e. The topological polar surface area (TPSA) is 54.7 Å². The standard InChI is InChI=1S/C27H32N2O3S/c1-18-13-15-29(16-14-18)25(19-9-11-20(31-2)12-10-19)24-21-6-3-4-8-23(21)33-27(24)28-26(30)22-7-5-17-32-22/h5,7,9-12,17-18,25H,3-4,6,8,13-16H2,1-2H3,(H,28,30)/t25-/m1/s1. The summed E-state index contributed by atoms with van der Waals surface area (Å²) in [7, 11) is 1.70. The van der Waals surface area contributed by atoms with Gasteiger partial charge in [-0.15, -0.1) is 11.3 Å². The van der Waals surface area contributed by atoms with E-state index < -0.39 is 0 Å². The van der Waals surface area contributed by atoms with Crippen molar-refractivity contribution in [2.75, 3.05) is 25.5 Å². The lowest BCUT2D eigenvalue weighted by Gasteiger charge is -2.38. The van der Waals surface area contributed by atoms with Crippen LogP contribution in [-0.2, 0) is 12.8 Å². The van der Waals surface area contributed by atoms with E-state index in [-0.39, 0.29) is 11.9 Å². The molecule has 6 heteroatoms. The van der Waals surface area contributed by atoms with Crippen molar-refractivity contribution in [3.05, 3.63) is 70.0 Å². The Morgan fingerprint density at radius 2 is 1.91 bits per heavy atom. The molecule has 3 aromatic rings. The van der Waals surface area contributed by atoms with Crippen LogP contribution >= 0.6 is 11.3 Å². The van der Waals surface area contributed by atoms with E-state index in [4.69, 9.17) is 9.15 Å². The van der Waals surface area contributed by atoms with Gasteiger partial charge >= 0.3 is 0 Å². The van der Waals surface area contributed by atoms with Crippen molar-refractivity contribution in [2.24, 2.45) is 5.92 Å². The number of fused-ring (bicyclic) bond motifs is 1. The third kappa shape index (κ3) is 4.59. The Kier molecular flexibility index (Phi) is 6.56. The minimum atomic E-state index is -0.180. The number of hydrogen-bond acceptors (Lipinski definition) is 5. The van der Waals surface area contributed by atoms with Gasteiger partial charge in [0.2, 0.25) is 0 Å². The lowest BCUT2D eigenvalue weighted by Crippen LogP contribution is -2.37. The summed E-state index contributed by atoms with van der Waals surface area (Å²) < 4.78 is 10.8. The summed E-state index contributed by atoms with van der Waals surface area (Å²) in [6, 6.07) is 12.1. The number of hydrogen-bond donors (Lipinski definition) is 1. The van der Waals surface area contributed by atoms with E-state index >= 15 is 0 Å². The van der Waals surface area contributed by atoms with Gasteiger partial charge < -0.3 is 14.5 Å². The molecule has 1 fully saturated rings. The van der Waals surface area contributed by atoms with E-state index in [1.165, 1.54) is 47.3 Å². The number of piperidine rings is 1. The largest absolute Gasteiger partial charge is 0.497 e. The number of ether oxygens (including phenoxy) is 1. The second-order valence-electron chi connectivity index (χ2n) is 9.28. The number of rotatable bonds is 6. The number of methoxy groups -OCH3 is 1. The summed E-state index contributed by atoms with van der Waals surface area (Å²) >= 11 is 1.76. The molecule has 1 aliphatic heterocycles. The lowest BCUT2D eigenvalue weighted by molar-refractivity contribution is 0.0996. The van der Waals surface area contributed by atoms with E-state index in [1.807, 2.05) is 0 Å². The van der Waals surface area contributed by atoms with Crippen molar-refractivity contribution in [2.45, 2.75) is 51.5 Å². The van der Waals surface area contributed by atoms with E-state index in [0.29, 0.717) is 5.76 Å². The Morgan fingerprint density at radius 1 is 1.15 bits per heavy atom. The second-order valence-corrected chi connectivity index (χ2v) is 10.4.